The number of rotatable bonds is 8. The van der Waals surface area contributed by atoms with E-state index < -0.39 is 0 Å². The van der Waals surface area contributed by atoms with Crippen molar-refractivity contribution in [1.29, 1.82) is 0 Å². The number of nitrogens with one attached hydrogen (secondary N) is 2. The highest BCUT2D eigenvalue weighted by molar-refractivity contribution is 7.21. The molecule has 6 rings (SSSR count). The predicted molar refractivity (Wildman–Crippen MR) is 144 cm³/mol. The summed E-state index contributed by atoms with van der Waals surface area (Å²) in [7, 11) is 3.40. The van der Waals surface area contributed by atoms with E-state index in [-0.39, 0.29) is 11.8 Å². The molecule has 5 heterocycles. The van der Waals surface area contributed by atoms with E-state index in [9.17, 15) is 9.59 Å². The molecule has 0 radical (unpaired) electrons. The summed E-state index contributed by atoms with van der Waals surface area (Å²) in [6.07, 6.45) is 11.7. The number of anilines is 1. The van der Waals surface area contributed by atoms with Gasteiger partial charge in [-0.25, -0.2) is 9.20 Å². The minimum absolute atomic E-state index is 0.196. The second-order valence-corrected chi connectivity index (χ2v) is 11.0. The third kappa shape index (κ3) is 4.33. The standard InChI is InChI=1S/C26H30N8O3S/c1-16-20(11-17(12-28-16)22(35)27-8-10-33-9-4-5-26(33)6-7-26)31-23(36)19-14-30-34-15-21(38-25(19)34)18-13-29-32(2)24(18)37-3/h11-15H,4-10H2,1-3H3,(H,27,35)(H,31,36). The van der Waals surface area contributed by atoms with E-state index in [2.05, 4.69) is 30.7 Å². The Morgan fingerprint density at radius 2 is 2.00 bits per heavy atom. The van der Waals surface area contributed by atoms with Gasteiger partial charge in [-0.1, -0.05) is 0 Å². The van der Waals surface area contributed by atoms with E-state index in [4.69, 9.17) is 4.74 Å². The molecule has 1 aliphatic heterocycles. The number of fused-ring (bicyclic) bond motifs is 1. The monoisotopic (exact) mass is 534 g/mol. The molecule has 1 saturated carbocycles. The van der Waals surface area contributed by atoms with Gasteiger partial charge in [0.05, 0.1) is 52.5 Å². The fraction of sp³-hybridized carbons (Fsp3) is 0.423. The number of methoxy groups -OCH3 is 1. The third-order valence-corrected chi connectivity index (χ3v) is 8.76. The van der Waals surface area contributed by atoms with Gasteiger partial charge in [-0.05, 0) is 45.2 Å². The van der Waals surface area contributed by atoms with Gasteiger partial charge >= 0.3 is 0 Å². The van der Waals surface area contributed by atoms with Crippen LogP contribution in [0, 0.1) is 6.92 Å². The van der Waals surface area contributed by atoms with Crippen molar-refractivity contribution < 1.29 is 14.3 Å². The van der Waals surface area contributed by atoms with Crippen LogP contribution in [0.4, 0.5) is 5.69 Å². The molecule has 1 aliphatic carbocycles. The number of carbonyl (C=O) groups is 2. The Bertz CT molecular complexity index is 1530. The lowest BCUT2D eigenvalue weighted by atomic mass is 10.2. The van der Waals surface area contributed by atoms with Crippen molar-refractivity contribution in [1.82, 2.24) is 34.6 Å². The zero-order chi connectivity index (χ0) is 26.4. The number of pyridine rings is 1. The first-order valence-corrected chi connectivity index (χ1v) is 13.5. The number of nitrogens with zero attached hydrogens (tertiary/aromatic N) is 6. The quantitative estimate of drug-likeness (QED) is 0.357. The SMILES string of the molecule is COc1c(-c2cn3ncc(C(=O)Nc4cc(C(=O)NCCN5CCCC56CC6)cnc4C)c3s2)cnn1C. The van der Waals surface area contributed by atoms with Gasteiger partial charge in [-0.2, -0.15) is 10.2 Å². The molecule has 2 amide bonds. The molecule has 12 heteroatoms. The molecule has 198 valence electrons. The molecule has 0 bridgehead atoms. The normalized spacial score (nSPS) is 16.3. The van der Waals surface area contributed by atoms with Gasteiger partial charge in [-0.15, -0.1) is 11.3 Å². The second-order valence-electron chi connectivity index (χ2n) is 9.98. The topological polar surface area (TPSA) is 119 Å². The molecule has 0 unspecified atom stereocenters. The minimum Gasteiger partial charge on any atom is -0.481 e. The molecule has 4 aromatic heterocycles. The number of likely N-dealkylation sites (tertiary alicyclic amines) is 1. The van der Waals surface area contributed by atoms with Gasteiger partial charge in [0.25, 0.3) is 11.8 Å². The number of hydrogen-bond donors (Lipinski definition) is 2. The van der Waals surface area contributed by atoms with E-state index >= 15 is 0 Å². The fourth-order valence-electron chi connectivity index (χ4n) is 5.34. The first-order chi connectivity index (χ1) is 18.4. The smallest absolute Gasteiger partial charge is 0.260 e. The third-order valence-electron chi connectivity index (χ3n) is 7.62. The number of thiazole rings is 1. The molecule has 38 heavy (non-hydrogen) atoms. The highest BCUT2D eigenvalue weighted by Crippen LogP contribution is 2.49. The molecule has 4 aromatic rings. The van der Waals surface area contributed by atoms with Crippen molar-refractivity contribution >= 4 is 33.7 Å². The maximum Gasteiger partial charge on any atom is 0.260 e. The number of aromatic nitrogens is 5. The Kier molecular flexibility index (Phi) is 6.15. The Morgan fingerprint density at radius 1 is 1.16 bits per heavy atom. The Morgan fingerprint density at radius 3 is 2.79 bits per heavy atom. The van der Waals surface area contributed by atoms with Crippen LogP contribution in [0.3, 0.4) is 0 Å². The summed E-state index contributed by atoms with van der Waals surface area (Å²) in [5, 5.41) is 14.5. The first-order valence-electron chi connectivity index (χ1n) is 12.7. The van der Waals surface area contributed by atoms with Crippen LogP contribution < -0.4 is 15.4 Å². The van der Waals surface area contributed by atoms with E-state index in [1.165, 1.54) is 43.2 Å². The first kappa shape index (κ1) is 24.6. The van der Waals surface area contributed by atoms with Crippen molar-refractivity contribution in [2.75, 3.05) is 32.1 Å². The van der Waals surface area contributed by atoms with Gasteiger partial charge in [-0.3, -0.25) is 19.5 Å². The van der Waals surface area contributed by atoms with Crippen molar-refractivity contribution in [2.24, 2.45) is 7.05 Å². The summed E-state index contributed by atoms with van der Waals surface area (Å²) in [6.45, 7) is 4.36. The number of amides is 2. The van der Waals surface area contributed by atoms with Crippen LogP contribution in [-0.2, 0) is 7.05 Å². The Labute approximate surface area is 223 Å². The van der Waals surface area contributed by atoms with Gasteiger partial charge in [0.2, 0.25) is 5.88 Å². The number of ether oxygens (including phenoxy) is 1. The lowest BCUT2D eigenvalue weighted by molar-refractivity contribution is 0.0944. The maximum atomic E-state index is 13.2. The van der Waals surface area contributed by atoms with Crippen molar-refractivity contribution in [3.05, 3.63) is 47.7 Å². The van der Waals surface area contributed by atoms with Crippen molar-refractivity contribution in [3.63, 3.8) is 0 Å². The summed E-state index contributed by atoms with van der Waals surface area (Å²) in [4.78, 5) is 34.5. The Hall–Kier alpha value is -3.77. The summed E-state index contributed by atoms with van der Waals surface area (Å²) in [5.74, 6) is 0.112. The molecule has 2 fully saturated rings. The summed E-state index contributed by atoms with van der Waals surface area (Å²) in [6, 6.07) is 1.68. The van der Waals surface area contributed by atoms with Crippen LogP contribution in [0.5, 0.6) is 5.88 Å². The molecule has 2 N–H and O–H groups in total. The summed E-state index contributed by atoms with van der Waals surface area (Å²) >= 11 is 1.42. The fourth-order valence-corrected chi connectivity index (χ4v) is 6.40. The molecular formula is C26H30N8O3S. The zero-order valence-corrected chi connectivity index (χ0v) is 22.5. The molecule has 2 aliphatic rings. The van der Waals surface area contributed by atoms with E-state index in [0.717, 1.165) is 23.5 Å². The Balaban J connectivity index is 1.15. The van der Waals surface area contributed by atoms with Gasteiger partial charge < -0.3 is 15.4 Å². The number of carbonyl (C=O) groups excluding carboxylic acids is 2. The largest absolute Gasteiger partial charge is 0.481 e. The zero-order valence-electron chi connectivity index (χ0n) is 21.7. The second kappa shape index (κ2) is 9.52. The number of hydrogen-bond acceptors (Lipinski definition) is 8. The summed E-state index contributed by atoms with van der Waals surface area (Å²) < 4.78 is 8.78. The van der Waals surface area contributed by atoms with Crippen LogP contribution in [0.1, 0.15) is 52.1 Å². The van der Waals surface area contributed by atoms with Gasteiger partial charge in [0, 0.05) is 38.1 Å². The van der Waals surface area contributed by atoms with Crippen molar-refractivity contribution in [2.45, 2.75) is 38.1 Å². The van der Waals surface area contributed by atoms with Crippen LogP contribution in [0.15, 0.2) is 30.9 Å². The average Bonchev–Trinajstić information content (AvgIpc) is 3.21. The highest BCUT2D eigenvalue weighted by Gasteiger charge is 2.50. The number of aryl methyl sites for hydroxylation is 2. The highest BCUT2D eigenvalue weighted by atomic mass is 32.1. The van der Waals surface area contributed by atoms with Gasteiger partial charge in [0.15, 0.2) is 0 Å². The molecular weight excluding hydrogens is 504 g/mol. The van der Waals surface area contributed by atoms with Crippen LogP contribution in [-0.4, -0.2) is 73.4 Å². The van der Waals surface area contributed by atoms with Crippen molar-refractivity contribution in [3.8, 4) is 16.3 Å². The summed E-state index contributed by atoms with van der Waals surface area (Å²) in [5.41, 5.74) is 3.20. The van der Waals surface area contributed by atoms with E-state index in [1.807, 2.05) is 13.2 Å². The minimum atomic E-state index is -0.322. The molecule has 1 spiro atoms. The molecule has 0 atom stereocenters. The lowest BCUT2D eigenvalue weighted by Crippen LogP contribution is -2.38. The van der Waals surface area contributed by atoms with E-state index in [0.29, 0.717) is 45.3 Å². The van der Waals surface area contributed by atoms with Gasteiger partial charge in [0.1, 0.15) is 4.83 Å². The van der Waals surface area contributed by atoms with Crippen LogP contribution >= 0.6 is 11.3 Å². The molecule has 0 aromatic carbocycles. The molecule has 1 saturated heterocycles. The van der Waals surface area contributed by atoms with Crippen LogP contribution in [0.2, 0.25) is 0 Å². The van der Waals surface area contributed by atoms with Crippen LogP contribution in [0.25, 0.3) is 15.3 Å². The maximum absolute atomic E-state index is 13.2. The van der Waals surface area contributed by atoms with E-state index in [1.54, 1.807) is 41.7 Å². The average molecular weight is 535 g/mol. The molecule has 11 nitrogen and oxygen atoms in total. The lowest BCUT2D eigenvalue weighted by Gasteiger charge is -2.23. The predicted octanol–water partition coefficient (Wildman–Crippen LogP) is 3.12.